The third kappa shape index (κ3) is 2.53. The van der Waals surface area contributed by atoms with Crippen LogP contribution < -0.4 is 17.0 Å². The van der Waals surface area contributed by atoms with Crippen LogP contribution in [0.4, 0.5) is 5.82 Å². The molecule has 0 spiro atoms. The number of nitrogen functional groups attached to an aromatic ring is 1. The Morgan fingerprint density at radius 1 is 1.65 bits per heavy atom. The first-order chi connectivity index (χ1) is 9.49. The van der Waals surface area contributed by atoms with Crippen LogP contribution in [0.2, 0.25) is 0 Å². The van der Waals surface area contributed by atoms with Crippen molar-refractivity contribution in [3.63, 3.8) is 0 Å². The highest BCUT2D eigenvalue weighted by molar-refractivity contribution is 14.2. The van der Waals surface area contributed by atoms with Crippen molar-refractivity contribution in [1.29, 1.82) is 0 Å². The van der Waals surface area contributed by atoms with Gasteiger partial charge in [-0.05, 0) is 34.2 Å². The van der Waals surface area contributed by atoms with Crippen LogP contribution >= 0.6 is 28.4 Å². The highest BCUT2D eigenvalue weighted by atomic mass is 127. The van der Waals surface area contributed by atoms with E-state index in [0.29, 0.717) is 34.7 Å². The second-order valence-electron chi connectivity index (χ2n) is 4.04. The zero-order chi connectivity index (χ0) is 14.9. The van der Waals surface area contributed by atoms with E-state index in [4.69, 9.17) is 11.5 Å². The molecule has 0 amide bonds. The molecule has 7 nitrogen and oxygen atoms in total. The molecular formula is C11H14IN6OP. The van der Waals surface area contributed by atoms with Crippen molar-refractivity contribution in [2.45, 2.75) is 0 Å². The summed E-state index contributed by atoms with van der Waals surface area (Å²) in [4.78, 5) is 11.8. The Bertz CT molecular complexity index is 741. The largest absolute Gasteiger partial charge is 0.398 e. The fourth-order valence-electron chi connectivity index (χ4n) is 1.73. The molecule has 0 aromatic carbocycles. The third-order valence-electron chi connectivity index (χ3n) is 2.81. The molecule has 2 rings (SSSR count). The summed E-state index contributed by atoms with van der Waals surface area (Å²) < 4.78 is 3.02. The number of hydrogen-bond donors (Lipinski definition) is 3. The van der Waals surface area contributed by atoms with Gasteiger partial charge >= 0.3 is 0 Å². The predicted molar refractivity (Wildman–Crippen MR) is 92.6 cm³/mol. The Hall–Kier alpha value is -1.54. The molecule has 1 unspecified atom stereocenters. The summed E-state index contributed by atoms with van der Waals surface area (Å²) in [7, 11) is 1.62. The number of hydrogen-bond acceptors (Lipinski definition) is 4. The van der Waals surface area contributed by atoms with Gasteiger partial charge < -0.3 is 16.6 Å². The molecule has 1 atom stereocenters. The van der Waals surface area contributed by atoms with Crippen LogP contribution in [0.15, 0.2) is 17.6 Å². The molecule has 0 radical (unpaired) electrons. The van der Waals surface area contributed by atoms with Crippen LogP contribution in [-0.2, 0) is 7.05 Å². The van der Waals surface area contributed by atoms with Crippen molar-refractivity contribution in [1.82, 2.24) is 19.3 Å². The first-order valence-electron chi connectivity index (χ1n) is 5.59. The molecule has 0 aliphatic heterocycles. The van der Waals surface area contributed by atoms with Crippen molar-refractivity contribution in [3.05, 3.63) is 40.0 Å². The minimum absolute atomic E-state index is 0.194. The van der Waals surface area contributed by atoms with Gasteiger partial charge in [0.2, 0.25) is 0 Å². The van der Waals surface area contributed by atoms with E-state index in [1.807, 2.05) is 0 Å². The number of nitrogens with one attached hydrogen (secondary N) is 1. The van der Waals surface area contributed by atoms with Gasteiger partial charge in [-0.15, -0.1) is 0 Å². The summed E-state index contributed by atoms with van der Waals surface area (Å²) >= 11 is 2.18. The summed E-state index contributed by atoms with van der Waals surface area (Å²) in [5.41, 5.74) is 13.9. The number of aromatic amines is 1. The highest BCUT2D eigenvalue weighted by Crippen LogP contribution is 2.31. The maximum Gasteiger partial charge on any atom is 0.275 e. The van der Waals surface area contributed by atoms with Crippen molar-refractivity contribution in [3.8, 4) is 0 Å². The molecule has 2 heterocycles. The molecule has 0 aliphatic rings. The predicted octanol–water partition coefficient (Wildman–Crippen LogP) is 1.38. The second-order valence-corrected chi connectivity index (χ2v) is 6.08. The Morgan fingerprint density at radius 3 is 2.85 bits per heavy atom. The smallest absolute Gasteiger partial charge is 0.275 e. The average Bonchev–Trinajstić information content (AvgIpc) is 2.92. The summed E-state index contributed by atoms with van der Waals surface area (Å²) in [6.07, 6.45) is 5.19. The molecule has 20 heavy (non-hydrogen) atoms. The molecule has 0 bridgehead atoms. The minimum Gasteiger partial charge on any atom is -0.398 e. The molecular weight excluding hydrogens is 390 g/mol. The second kappa shape index (κ2) is 5.84. The number of anilines is 1. The number of aromatic nitrogens is 4. The van der Waals surface area contributed by atoms with E-state index in [1.54, 1.807) is 29.8 Å². The lowest BCUT2D eigenvalue weighted by atomic mass is 10.1. The number of halogens is 1. The zero-order valence-electron chi connectivity index (χ0n) is 10.7. The highest BCUT2D eigenvalue weighted by Gasteiger charge is 2.13. The molecule has 5 N–H and O–H groups in total. The molecule has 0 saturated heterocycles. The number of rotatable bonds is 4. The topological polar surface area (TPSA) is 108 Å². The van der Waals surface area contributed by atoms with Gasteiger partial charge in [-0.1, -0.05) is 6.58 Å². The molecule has 9 heteroatoms. The molecule has 2 aromatic heterocycles. The van der Waals surface area contributed by atoms with Gasteiger partial charge in [0.1, 0.15) is 5.82 Å². The zero-order valence-corrected chi connectivity index (χ0v) is 13.9. The standard InChI is InChI=1S/C11H14IN6OP/c1-3-9-6(10(14)18(16-9)20-12)4-8(13)7-5-15-17(2)11(7)19/h3-5,15,20H,1,13-14H2,2H3/b8-4-. The van der Waals surface area contributed by atoms with Crippen LogP contribution in [0.25, 0.3) is 17.8 Å². The fourth-order valence-corrected chi connectivity index (χ4v) is 3.19. The van der Waals surface area contributed by atoms with Crippen molar-refractivity contribution in [2.24, 2.45) is 12.8 Å². The van der Waals surface area contributed by atoms with E-state index in [2.05, 4.69) is 38.8 Å². The maximum atomic E-state index is 11.8. The Balaban J connectivity index is 2.55. The van der Waals surface area contributed by atoms with Gasteiger partial charge in [-0.2, -0.15) is 5.10 Å². The summed E-state index contributed by atoms with van der Waals surface area (Å²) in [6.45, 7) is 3.71. The lowest BCUT2D eigenvalue weighted by Crippen LogP contribution is -2.16. The van der Waals surface area contributed by atoms with Gasteiger partial charge in [0.05, 0.1) is 17.6 Å². The van der Waals surface area contributed by atoms with E-state index in [1.165, 1.54) is 4.68 Å². The minimum atomic E-state index is -0.194. The number of nitrogens with zero attached hydrogens (tertiary/aromatic N) is 3. The first kappa shape index (κ1) is 14.9. The number of H-pyrrole nitrogens is 1. The fraction of sp³-hybridized carbons (Fsp3) is 0.0909. The summed E-state index contributed by atoms with van der Waals surface area (Å²) in [6, 6.07) is 0. The maximum absolute atomic E-state index is 11.8. The number of nitrogens with two attached hydrogens (primary N) is 2. The Morgan fingerprint density at radius 2 is 2.35 bits per heavy atom. The van der Waals surface area contributed by atoms with Crippen LogP contribution in [-0.4, -0.2) is 19.3 Å². The van der Waals surface area contributed by atoms with Crippen LogP contribution in [0.3, 0.4) is 0 Å². The Kier molecular flexibility index (Phi) is 4.34. The van der Waals surface area contributed by atoms with E-state index < -0.39 is 0 Å². The van der Waals surface area contributed by atoms with E-state index >= 15 is 0 Å². The molecule has 0 fully saturated rings. The lowest BCUT2D eigenvalue weighted by Gasteiger charge is -1.99. The van der Waals surface area contributed by atoms with Gasteiger partial charge in [-0.3, -0.25) is 9.48 Å². The molecule has 2 aromatic rings. The van der Waals surface area contributed by atoms with E-state index in [9.17, 15) is 4.79 Å². The quantitative estimate of drug-likeness (QED) is 0.529. The Labute approximate surface area is 130 Å². The SMILES string of the molecule is C=Cc1nn(PI)c(N)c1/C=C(\N)c1c[nH]n(C)c1=O. The van der Waals surface area contributed by atoms with E-state index in [0.717, 1.165) is 0 Å². The van der Waals surface area contributed by atoms with Gasteiger partial charge in [0, 0.05) is 24.5 Å². The van der Waals surface area contributed by atoms with Crippen molar-refractivity contribution >= 4 is 52.1 Å². The average molecular weight is 404 g/mol. The summed E-state index contributed by atoms with van der Waals surface area (Å²) in [5, 5.41) is 7.08. The monoisotopic (exact) mass is 404 g/mol. The van der Waals surface area contributed by atoms with Crippen LogP contribution in [0.5, 0.6) is 0 Å². The molecule has 106 valence electrons. The van der Waals surface area contributed by atoms with Gasteiger partial charge in [0.15, 0.2) is 0 Å². The van der Waals surface area contributed by atoms with Crippen molar-refractivity contribution < 1.29 is 0 Å². The van der Waals surface area contributed by atoms with Gasteiger partial charge in [0.25, 0.3) is 5.56 Å². The summed E-state index contributed by atoms with van der Waals surface area (Å²) in [5.74, 6) is 0.503. The molecule has 0 saturated carbocycles. The lowest BCUT2D eigenvalue weighted by molar-refractivity contribution is 0.739. The van der Waals surface area contributed by atoms with Crippen LogP contribution in [0.1, 0.15) is 16.8 Å². The van der Waals surface area contributed by atoms with Crippen LogP contribution in [0, 0.1) is 0 Å². The first-order valence-corrected chi connectivity index (χ1v) is 9.65. The van der Waals surface area contributed by atoms with E-state index in [-0.39, 0.29) is 5.56 Å². The third-order valence-corrected chi connectivity index (χ3v) is 4.68. The normalized spacial score (nSPS) is 12.4. The molecule has 0 aliphatic carbocycles. The number of aryl methyl sites for hydroxylation is 1. The van der Waals surface area contributed by atoms with Crippen molar-refractivity contribution in [2.75, 3.05) is 5.73 Å². The van der Waals surface area contributed by atoms with Gasteiger partial charge in [-0.25, -0.2) is 4.45 Å².